The summed E-state index contributed by atoms with van der Waals surface area (Å²) in [6, 6.07) is 30.3. The molecule has 3 heterocycles. The van der Waals surface area contributed by atoms with Gasteiger partial charge in [0.2, 0.25) is 0 Å². The second kappa shape index (κ2) is 9.87. The molecule has 1 fully saturated rings. The van der Waals surface area contributed by atoms with E-state index in [9.17, 15) is 14.7 Å². The van der Waals surface area contributed by atoms with E-state index in [2.05, 4.69) is 6.92 Å². The molecule has 7 rings (SSSR count). The van der Waals surface area contributed by atoms with Gasteiger partial charge in [-0.05, 0) is 60.9 Å². The smallest absolute Gasteiger partial charge is 0.266 e. The molecule has 0 saturated carbocycles. The van der Waals surface area contributed by atoms with E-state index in [-0.39, 0.29) is 30.4 Å². The van der Waals surface area contributed by atoms with E-state index in [1.807, 2.05) is 84.9 Å². The fourth-order valence-electron chi connectivity index (χ4n) is 6.55. The highest BCUT2D eigenvalue weighted by atomic mass is 16.5. The lowest BCUT2D eigenvalue weighted by atomic mass is 9.83. The van der Waals surface area contributed by atoms with Crippen molar-refractivity contribution in [2.24, 2.45) is 5.92 Å². The van der Waals surface area contributed by atoms with Crippen LogP contribution in [0.1, 0.15) is 41.3 Å². The molecule has 0 aliphatic carbocycles. The van der Waals surface area contributed by atoms with Crippen LogP contribution in [-0.2, 0) is 21.7 Å². The molecule has 0 bridgehead atoms. The summed E-state index contributed by atoms with van der Waals surface area (Å²) < 4.78 is 12.6. The number of rotatable bonds is 5. The molecule has 41 heavy (non-hydrogen) atoms. The Balaban J connectivity index is 1.26. The van der Waals surface area contributed by atoms with Crippen LogP contribution in [0.3, 0.4) is 0 Å². The van der Waals surface area contributed by atoms with Gasteiger partial charge in [0.05, 0.1) is 29.6 Å². The van der Waals surface area contributed by atoms with Crippen LogP contribution in [0.25, 0.3) is 0 Å². The van der Waals surface area contributed by atoms with E-state index in [0.29, 0.717) is 47.8 Å². The third-order valence-corrected chi connectivity index (χ3v) is 8.43. The number of para-hydroxylation sites is 4. The van der Waals surface area contributed by atoms with Crippen molar-refractivity contribution in [1.82, 2.24) is 0 Å². The number of nitrogens with zero attached hydrogens (tertiary/aromatic N) is 2. The zero-order valence-corrected chi connectivity index (χ0v) is 22.7. The average molecular weight is 547 g/mol. The molecule has 1 N–H and O–H groups in total. The molecule has 7 nitrogen and oxygen atoms in total. The summed E-state index contributed by atoms with van der Waals surface area (Å²) in [6.07, 6.45) is 1.04. The fourth-order valence-corrected chi connectivity index (χ4v) is 6.55. The van der Waals surface area contributed by atoms with Crippen LogP contribution < -0.4 is 14.5 Å². The van der Waals surface area contributed by atoms with E-state index < -0.39 is 5.60 Å². The van der Waals surface area contributed by atoms with Gasteiger partial charge in [-0.15, -0.1) is 0 Å². The van der Waals surface area contributed by atoms with Gasteiger partial charge in [-0.25, -0.2) is 0 Å². The molecule has 4 aromatic rings. The lowest BCUT2D eigenvalue weighted by molar-refractivity contribution is -0.146. The Kier molecular flexibility index (Phi) is 6.14. The SMILES string of the molecule is C[C@H]1C[C@@H](CCO)O[C@]12C(=O)N(Cc1cccc(N3C(=O)c4ccccc4Oc4ccccc43)c1)c1ccccc12. The van der Waals surface area contributed by atoms with Crippen molar-refractivity contribution >= 4 is 28.9 Å². The minimum Gasteiger partial charge on any atom is -0.454 e. The van der Waals surface area contributed by atoms with Gasteiger partial charge >= 0.3 is 0 Å². The highest BCUT2D eigenvalue weighted by Gasteiger charge is 2.59. The van der Waals surface area contributed by atoms with E-state index in [1.54, 1.807) is 21.9 Å². The number of hydrogen-bond acceptors (Lipinski definition) is 5. The molecule has 206 valence electrons. The van der Waals surface area contributed by atoms with Gasteiger partial charge in [0.1, 0.15) is 5.75 Å². The maximum absolute atomic E-state index is 14.2. The maximum Gasteiger partial charge on any atom is 0.266 e. The molecular formula is C34H30N2O5. The number of hydrogen-bond donors (Lipinski definition) is 1. The van der Waals surface area contributed by atoms with Crippen LogP contribution in [0, 0.1) is 5.92 Å². The number of carbonyl (C=O) groups is 2. The molecule has 1 spiro atoms. The van der Waals surface area contributed by atoms with Crippen LogP contribution in [0.5, 0.6) is 11.5 Å². The van der Waals surface area contributed by atoms with Crippen LogP contribution in [0.15, 0.2) is 97.1 Å². The van der Waals surface area contributed by atoms with Crippen molar-refractivity contribution in [1.29, 1.82) is 0 Å². The largest absolute Gasteiger partial charge is 0.454 e. The van der Waals surface area contributed by atoms with E-state index >= 15 is 0 Å². The second-order valence-corrected chi connectivity index (χ2v) is 10.9. The molecule has 3 aliphatic heterocycles. The third kappa shape index (κ3) is 3.96. The molecule has 7 heteroatoms. The zero-order chi connectivity index (χ0) is 28.1. The van der Waals surface area contributed by atoms with Crippen LogP contribution in [-0.4, -0.2) is 29.6 Å². The first-order valence-electron chi connectivity index (χ1n) is 14.0. The standard InChI is InChI=1S/C34H30N2O5/c1-22-19-25(17-18-37)41-34(22)27-12-3-4-13-28(27)35(33(34)39)21-23-9-8-10-24(20-23)36-29-14-5-7-16-31(29)40-30-15-6-2-11-26(30)32(36)38/h2-16,20,22,25,37H,17-19,21H2,1H3/t22-,25+,34+/m0/s1. The van der Waals surface area contributed by atoms with E-state index in [0.717, 1.165) is 16.8 Å². The third-order valence-electron chi connectivity index (χ3n) is 8.43. The molecule has 4 aromatic carbocycles. The highest BCUT2D eigenvalue weighted by molar-refractivity contribution is 6.14. The van der Waals surface area contributed by atoms with Gasteiger partial charge in [0.15, 0.2) is 11.4 Å². The summed E-state index contributed by atoms with van der Waals surface area (Å²) in [5, 5.41) is 9.53. The minimum atomic E-state index is -1.06. The summed E-state index contributed by atoms with van der Waals surface area (Å²) in [5.41, 5.74) is 3.33. The van der Waals surface area contributed by atoms with Gasteiger partial charge < -0.3 is 19.5 Å². The molecule has 2 amide bonds. The molecule has 0 radical (unpaired) electrons. The van der Waals surface area contributed by atoms with E-state index in [1.165, 1.54) is 0 Å². The summed E-state index contributed by atoms with van der Waals surface area (Å²) in [7, 11) is 0. The molecule has 3 atom stereocenters. The number of ether oxygens (including phenoxy) is 2. The average Bonchev–Trinajstić information content (AvgIpc) is 3.39. The fraction of sp³-hybridized carbons (Fsp3) is 0.235. The quantitative estimate of drug-likeness (QED) is 0.317. The van der Waals surface area contributed by atoms with Gasteiger partial charge in [-0.3, -0.25) is 14.5 Å². The summed E-state index contributed by atoms with van der Waals surface area (Å²) >= 11 is 0. The Hall–Kier alpha value is -4.46. The van der Waals surface area contributed by atoms with Crippen LogP contribution >= 0.6 is 0 Å². The Morgan fingerprint density at radius 3 is 2.44 bits per heavy atom. The van der Waals surface area contributed by atoms with Crippen LogP contribution in [0.4, 0.5) is 17.1 Å². The van der Waals surface area contributed by atoms with Crippen molar-refractivity contribution in [3.8, 4) is 11.5 Å². The van der Waals surface area contributed by atoms with Crippen LogP contribution in [0.2, 0.25) is 0 Å². The maximum atomic E-state index is 14.2. The number of fused-ring (bicyclic) bond motifs is 4. The van der Waals surface area contributed by atoms with E-state index in [4.69, 9.17) is 9.47 Å². The van der Waals surface area contributed by atoms with Gasteiger partial charge in [0, 0.05) is 23.8 Å². The highest BCUT2D eigenvalue weighted by Crippen LogP contribution is 2.53. The van der Waals surface area contributed by atoms with Crippen molar-refractivity contribution in [2.45, 2.75) is 38.0 Å². The normalized spacial score (nSPS) is 22.8. The number of aliphatic hydroxyl groups excluding tert-OH is 1. The number of carbonyl (C=O) groups excluding carboxylic acids is 2. The van der Waals surface area contributed by atoms with Gasteiger partial charge in [-0.2, -0.15) is 0 Å². The Morgan fingerprint density at radius 2 is 1.61 bits per heavy atom. The molecular weight excluding hydrogens is 516 g/mol. The zero-order valence-electron chi connectivity index (χ0n) is 22.7. The Labute approximate surface area is 238 Å². The minimum absolute atomic E-state index is 0.0215. The first-order chi connectivity index (χ1) is 20.0. The molecule has 3 aliphatic rings. The monoisotopic (exact) mass is 546 g/mol. The Bertz CT molecular complexity index is 1670. The number of benzene rings is 4. The predicted molar refractivity (Wildman–Crippen MR) is 156 cm³/mol. The second-order valence-electron chi connectivity index (χ2n) is 10.9. The first-order valence-corrected chi connectivity index (χ1v) is 14.0. The van der Waals surface area contributed by atoms with Crippen molar-refractivity contribution in [2.75, 3.05) is 16.4 Å². The summed E-state index contributed by atoms with van der Waals surface area (Å²) in [6.45, 7) is 2.40. The molecule has 0 aromatic heterocycles. The first kappa shape index (κ1) is 25.5. The molecule has 0 unspecified atom stereocenters. The predicted octanol–water partition coefficient (Wildman–Crippen LogP) is 6.32. The summed E-state index contributed by atoms with van der Waals surface area (Å²) in [4.78, 5) is 31.6. The molecule has 1 saturated heterocycles. The lowest BCUT2D eigenvalue weighted by Gasteiger charge is -2.28. The Morgan fingerprint density at radius 1 is 0.878 bits per heavy atom. The van der Waals surface area contributed by atoms with Crippen molar-refractivity contribution in [3.05, 3.63) is 114 Å². The summed E-state index contributed by atoms with van der Waals surface area (Å²) in [5.74, 6) is 0.795. The van der Waals surface area contributed by atoms with Gasteiger partial charge in [0.25, 0.3) is 11.8 Å². The topological polar surface area (TPSA) is 79.3 Å². The number of anilines is 3. The number of aliphatic hydroxyl groups is 1. The van der Waals surface area contributed by atoms with Gasteiger partial charge in [-0.1, -0.05) is 61.5 Å². The van der Waals surface area contributed by atoms with Crippen molar-refractivity contribution in [3.63, 3.8) is 0 Å². The van der Waals surface area contributed by atoms with Crippen molar-refractivity contribution < 1.29 is 24.2 Å². The lowest BCUT2D eigenvalue weighted by Crippen LogP contribution is -2.43. The number of amides is 2.